The highest BCUT2D eigenvalue weighted by atomic mass is 35.5. The zero-order chi connectivity index (χ0) is 21.2. The third kappa shape index (κ3) is 5.67. The number of hydrogen-bond donors (Lipinski definition) is 2. The largest absolute Gasteiger partial charge is 0.444 e. The number of carbonyl (C=O) groups is 3. The molecule has 7 nitrogen and oxygen atoms in total. The summed E-state index contributed by atoms with van der Waals surface area (Å²) in [5, 5.41) is 5.35. The summed E-state index contributed by atoms with van der Waals surface area (Å²) >= 11 is 7.37. The van der Waals surface area contributed by atoms with E-state index in [1.54, 1.807) is 18.2 Å². The topological polar surface area (TPSA) is 87.7 Å². The summed E-state index contributed by atoms with van der Waals surface area (Å²) in [4.78, 5) is 37.9. The molecule has 3 amide bonds. The number of thioether (sulfide) groups is 1. The van der Waals surface area contributed by atoms with Crippen LogP contribution in [0.15, 0.2) is 23.1 Å². The number of hydrogen-bond acceptors (Lipinski definition) is 6. The highest BCUT2D eigenvalue weighted by Crippen LogP contribution is 2.35. The van der Waals surface area contributed by atoms with Crippen LogP contribution in [-0.2, 0) is 9.53 Å². The van der Waals surface area contributed by atoms with E-state index in [1.807, 2.05) is 26.8 Å². The first-order chi connectivity index (χ1) is 13.6. The van der Waals surface area contributed by atoms with Crippen molar-refractivity contribution in [1.82, 2.24) is 10.6 Å². The van der Waals surface area contributed by atoms with Crippen LogP contribution in [0.1, 0.15) is 39.2 Å². The van der Waals surface area contributed by atoms with Gasteiger partial charge < -0.3 is 15.0 Å². The average Bonchev–Trinajstić information content (AvgIpc) is 2.90. The number of nitrogens with zero attached hydrogens (tertiary/aromatic N) is 1. The fourth-order valence-electron chi connectivity index (χ4n) is 3.32. The maximum Gasteiger partial charge on any atom is 0.407 e. The maximum atomic E-state index is 12.1. The van der Waals surface area contributed by atoms with Crippen LogP contribution < -0.4 is 15.5 Å². The fraction of sp³-hybridized carbons (Fsp3) is 0.450. The highest BCUT2D eigenvalue weighted by molar-refractivity contribution is 8.18. The van der Waals surface area contributed by atoms with Gasteiger partial charge in [-0.05, 0) is 57.5 Å². The summed E-state index contributed by atoms with van der Waals surface area (Å²) in [6.45, 7) is 6.81. The molecule has 2 aliphatic heterocycles. The molecule has 9 heteroatoms. The number of benzene rings is 1. The van der Waals surface area contributed by atoms with Gasteiger partial charge in [0.15, 0.2) is 0 Å². The third-order valence-corrected chi connectivity index (χ3v) is 5.52. The summed E-state index contributed by atoms with van der Waals surface area (Å²) in [5.41, 5.74) is 0.977. The standard InChI is InChI=1S/C20H24ClN3O4S/c1-20(2,3)28-18(26)22-13-7-5-9-24(11-13)16-12(6-4-8-14(16)21)10-15-17(25)23-19(27)29-15/h4,6,8,10,13H,5,7,9,11H2,1-3H3,(H,22,26)(H,23,25,27)/b15-10-/t13-/m1/s1. The Morgan fingerprint density at radius 3 is 2.79 bits per heavy atom. The number of alkyl carbamates (subject to hydrolysis) is 1. The predicted octanol–water partition coefficient (Wildman–Crippen LogP) is 4.16. The van der Waals surface area contributed by atoms with Crippen molar-refractivity contribution in [2.24, 2.45) is 0 Å². The van der Waals surface area contributed by atoms with Crippen LogP contribution >= 0.6 is 23.4 Å². The number of ether oxygens (including phenoxy) is 1. The molecule has 0 saturated carbocycles. The van der Waals surface area contributed by atoms with Crippen LogP contribution in [0, 0.1) is 0 Å². The Hall–Kier alpha value is -2.19. The van der Waals surface area contributed by atoms with Crippen molar-refractivity contribution in [1.29, 1.82) is 0 Å². The SMILES string of the molecule is CC(C)(C)OC(=O)N[C@@H]1CCCN(c2c(Cl)cccc2/C=C2\SC(=O)NC2=O)C1. The van der Waals surface area contributed by atoms with Gasteiger partial charge in [0.25, 0.3) is 11.1 Å². The van der Waals surface area contributed by atoms with E-state index in [9.17, 15) is 14.4 Å². The van der Waals surface area contributed by atoms with E-state index >= 15 is 0 Å². The molecular formula is C20H24ClN3O4S. The number of para-hydroxylation sites is 1. The predicted molar refractivity (Wildman–Crippen MR) is 115 cm³/mol. The molecule has 1 aromatic rings. The van der Waals surface area contributed by atoms with Crippen molar-refractivity contribution < 1.29 is 19.1 Å². The number of halogens is 1. The van der Waals surface area contributed by atoms with Gasteiger partial charge in [0.05, 0.1) is 15.6 Å². The van der Waals surface area contributed by atoms with Gasteiger partial charge in [0.2, 0.25) is 0 Å². The molecule has 2 N–H and O–H groups in total. The summed E-state index contributed by atoms with van der Waals surface area (Å²) < 4.78 is 5.36. The van der Waals surface area contributed by atoms with Gasteiger partial charge >= 0.3 is 6.09 Å². The molecule has 0 bridgehead atoms. The average molecular weight is 438 g/mol. The van der Waals surface area contributed by atoms with Crippen molar-refractivity contribution in [2.45, 2.75) is 45.3 Å². The molecule has 0 radical (unpaired) electrons. The number of imide groups is 1. The maximum absolute atomic E-state index is 12.1. The van der Waals surface area contributed by atoms with E-state index in [2.05, 4.69) is 15.5 Å². The summed E-state index contributed by atoms with van der Waals surface area (Å²) in [7, 11) is 0. The Balaban J connectivity index is 1.79. The summed E-state index contributed by atoms with van der Waals surface area (Å²) in [5.74, 6) is -0.408. The van der Waals surface area contributed by atoms with Crippen LogP contribution in [-0.4, -0.2) is 42.0 Å². The monoisotopic (exact) mass is 437 g/mol. The lowest BCUT2D eigenvalue weighted by atomic mass is 10.0. The first kappa shape index (κ1) is 21.5. The molecule has 2 saturated heterocycles. The molecule has 3 rings (SSSR count). The minimum Gasteiger partial charge on any atom is -0.444 e. The quantitative estimate of drug-likeness (QED) is 0.690. The lowest BCUT2D eigenvalue weighted by molar-refractivity contribution is -0.115. The van der Waals surface area contributed by atoms with Crippen molar-refractivity contribution in [2.75, 3.05) is 18.0 Å². The van der Waals surface area contributed by atoms with Crippen molar-refractivity contribution in [3.63, 3.8) is 0 Å². The lowest BCUT2D eigenvalue weighted by Gasteiger charge is -2.36. The third-order valence-electron chi connectivity index (χ3n) is 4.41. The highest BCUT2D eigenvalue weighted by Gasteiger charge is 2.28. The number of carbonyl (C=O) groups excluding carboxylic acids is 3. The molecule has 2 aliphatic rings. The molecule has 156 valence electrons. The molecule has 2 heterocycles. The van der Waals surface area contributed by atoms with Crippen molar-refractivity contribution in [3.05, 3.63) is 33.7 Å². The second kappa shape index (κ2) is 8.67. The minimum atomic E-state index is -0.558. The number of piperidine rings is 1. The molecule has 29 heavy (non-hydrogen) atoms. The molecule has 0 unspecified atom stereocenters. The van der Waals surface area contributed by atoms with E-state index in [1.165, 1.54) is 0 Å². The zero-order valence-corrected chi connectivity index (χ0v) is 18.2. The molecule has 0 spiro atoms. The lowest BCUT2D eigenvalue weighted by Crippen LogP contribution is -2.49. The summed E-state index contributed by atoms with van der Waals surface area (Å²) in [6.07, 6.45) is 2.94. The van der Waals surface area contributed by atoms with Gasteiger partial charge in [0, 0.05) is 24.7 Å². The van der Waals surface area contributed by atoms with Gasteiger partial charge in [-0.3, -0.25) is 14.9 Å². The Labute approximate surface area is 179 Å². The number of anilines is 1. The molecular weight excluding hydrogens is 414 g/mol. The van der Waals surface area contributed by atoms with Crippen molar-refractivity contribution >= 4 is 52.4 Å². The first-order valence-electron chi connectivity index (χ1n) is 9.40. The molecule has 0 aliphatic carbocycles. The smallest absolute Gasteiger partial charge is 0.407 e. The Bertz CT molecular complexity index is 866. The number of nitrogens with one attached hydrogen (secondary N) is 2. The van der Waals surface area contributed by atoms with E-state index in [0.717, 1.165) is 42.4 Å². The van der Waals surface area contributed by atoms with Crippen LogP contribution in [0.2, 0.25) is 5.02 Å². The van der Waals surface area contributed by atoms with Gasteiger partial charge in [-0.2, -0.15) is 0 Å². The Kier molecular flexibility index (Phi) is 6.43. The van der Waals surface area contributed by atoms with Gasteiger partial charge in [-0.1, -0.05) is 23.7 Å². The van der Waals surface area contributed by atoms with Crippen molar-refractivity contribution in [3.8, 4) is 0 Å². The van der Waals surface area contributed by atoms with Crippen LogP contribution in [0.25, 0.3) is 6.08 Å². The normalized spacial score (nSPS) is 21.3. The van der Waals surface area contributed by atoms with E-state index < -0.39 is 17.6 Å². The molecule has 1 aromatic carbocycles. The van der Waals surface area contributed by atoms with E-state index in [-0.39, 0.29) is 11.3 Å². The van der Waals surface area contributed by atoms with Crippen LogP contribution in [0.4, 0.5) is 15.3 Å². The number of amides is 3. The van der Waals surface area contributed by atoms with Crippen LogP contribution in [0.5, 0.6) is 0 Å². The second-order valence-electron chi connectivity index (χ2n) is 7.96. The molecule has 2 fully saturated rings. The first-order valence-corrected chi connectivity index (χ1v) is 10.6. The van der Waals surface area contributed by atoms with E-state index in [0.29, 0.717) is 16.5 Å². The molecule has 0 aromatic heterocycles. The van der Waals surface area contributed by atoms with Gasteiger partial charge in [0.1, 0.15) is 5.60 Å². The fourth-order valence-corrected chi connectivity index (χ4v) is 4.29. The summed E-state index contributed by atoms with van der Waals surface area (Å²) in [6, 6.07) is 5.37. The number of rotatable bonds is 3. The Morgan fingerprint density at radius 2 is 2.14 bits per heavy atom. The van der Waals surface area contributed by atoms with Gasteiger partial charge in [-0.15, -0.1) is 0 Å². The molecule has 1 atom stereocenters. The Morgan fingerprint density at radius 1 is 1.38 bits per heavy atom. The minimum absolute atomic E-state index is 0.0823. The van der Waals surface area contributed by atoms with E-state index in [4.69, 9.17) is 16.3 Å². The van der Waals surface area contributed by atoms with Gasteiger partial charge in [-0.25, -0.2) is 4.79 Å². The zero-order valence-electron chi connectivity index (χ0n) is 16.6. The van der Waals surface area contributed by atoms with Crippen LogP contribution in [0.3, 0.4) is 0 Å². The second-order valence-corrected chi connectivity index (χ2v) is 9.38.